The standard InChI is InChI=1S/C15H13N3O4S2/c16-24(21,22)11-3-1-2-10(7-11)17-15(20)9-4-5-13-12(6-9)18-14(19)8-23-13/h1-7H,8H2,(H,17,20)(H,18,19)(H2,16,21,22). The second kappa shape index (κ2) is 6.27. The van der Waals surface area contributed by atoms with Crippen molar-refractivity contribution < 1.29 is 18.0 Å². The van der Waals surface area contributed by atoms with Crippen molar-refractivity contribution in [2.45, 2.75) is 9.79 Å². The Balaban J connectivity index is 1.83. The number of anilines is 2. The third kappa shape index (κ3) is 3.58. The molecule has 1 aliphatic rings. The van der Waals surface area contributed by atoms with E-state index in [1.807, 2.05) is 0 Å². The molecule has 9 heteroatoms. The van der Waals surface area contributed by atoms with E-state index in [1.165, 1.54) is 30.0 Å². The summed E-state index contributed by atoms with van der Waals surface area (Å²) >= 11 is 1.40. The summed E-state index contributed by atoms with van der Waals surface area (Å²) in [6, 6.07) is 10.6. The molecule has 0 radical (unpaired) electrons. The summed E-state index contributed by atoms with van der Waals surface area (Å²) in [6.07, 6.45) is 0. The molecule has 2 amide bonds. The number of nitrogens with one attached hydrogen (secondary N) is 2. The number of sulfonamides is 1. The summed E-state index contributed by atoms with van der Waals surface area (Å²) in [4.78, 5) is 24.6. The molecular formula is C15H13N3O4S2. The van der Waals surface area contributed by atoms with Crippen LogP contribution in [0.4, 0.5) is 11.4 Å². The molecular weight excluding hydrogens is 350 g/mol. The Bertz CT molecular complexity index is 941. The number of rotatable bonds is 3. The van der Waals surface area contributed by atoms with Crippen molar-refractivity contribution in [3.05, 3.63) is 48.0 Å². The van der Waals surface area contributed by atoms with Crippen LogP contribution in [0.25, 0.3) is 0 Å². The summed E-state index contributed by atoms with van der Waals surface area (Å²) in [5.74, 6) is -0.195. The van der Waals surface area contributed by atoms with Crippen LogP contribution < -0.4 is 15.8 Å². The Morgan fingerprint density at radius 1 is 1.21 bits per heavy atom. The molecule has 0 aliphatic carbocycles. The minimum atomic E-state index is -3.85. The lowest BCUT2D eigenvalue weighted by molar-refractivity contribution is -0.113. The minimum Gasteiger partial charge on any atom is -0.324 e. The van der Waals surface area contributed by atoms with Crippen LogP contribution in [0.5, 0.6) is 0 Å². The van der Waals surface area contributed by atoms with Gasteiger partial charge >= 0.3 is 0 Å². The molecule has 0 unspecified atom stereocenters. The smallest absolute Gasteiger partial charge is 0.255 e. The van der Waals surface area contributed by atoms with E-state index in [1.54, 1.807) is 24.3 Å². The molecule has 124 valence electrons. The highest BCUT2D eigenvalue weighted by Gasteiger charge is 2.17. The van der Waals surface area contributed by atoms with Gasteiger partial charge in [0.2, 0.25) is 15.9 Å². The van der Waals surface area contributed by atoms with Crippen LogP contribution in [0.15, 0.2) is 52.3 Å². The molecule has 7 nitrogen and oxygen atoms in total. The van der Waals surface area contributed by atoms with Crippen molar-refractivity contribution in [2.75, 3.05) is 16.4 Å². The lowest BCUT2D eigenvalue weighted by atomic mass is 10.1. The van der Waals surface area contributed by atoms with Crippen molar-refractivity contribution in [3.63, 3.8) is 0 Å². The molecule has 0 fully saturated rings. The van der Waals surface area contributed by atoms with Gasteiger partial charge in [-0.15, -0.1) is 11.8 Å². The van der Waals surface area contributed by atoms with Gasteiger partial charge in [0.25, 0.3) is 5.91 Å². The average molecular weight is 363 g/mol. The molecule has 3 rings (SSSR count). The molecule has 0 bridgehead atoms. The first kappa shape index (κ1) is 16.5. The number of nitrogens with two attached hydrogens (primary N) is 1. The number of hydrogen-bond acceptors (Lipinski definition) is 5. The topological polar surface area (TPSA) is 118 Å². The highest BCUT2D eigenvalue weighted by molar-refractivity contribution is 8.00. The fourth-order valence-electron chi connectivity index (χ4n) is 2.18. The predicted molar refractivity (Wildman–Crippen MR) is 91.6 cm³/mol. The molecule has 24 heavy (non-hydrogen) atoms. The molecule has 2 aromatic carbocycles. The Hall–Kier alpha value is -2.36. The lowest BCUT2D eigenvalue weighted by Gasteiger charge is -2.17. The van der Waals surface area contributed by atoms with Gasteiger partial charge in [-0.05, 0) is 36.4 Å². The van der Waals surface area contributed by atoms with Gasteiger partial charge in [0.05, 0.1) is 16.3 Å². The Morgan fingerprint density at radius 2 is 2.00 bits per heavy atom. The van der Waals surface area contributed by atoms with Gasteiger partial charge in [-0.3, -0.25) is 9.59 Å². The monoisotopic (exact) mass is 363 g/mol. The van der Waals surface area contributed by atoms with Crippen LogP contribution in [0, 0.1) is 0 Å². The number of benzene rings is 2. The number of hydrogen-bond donors (Lipinski definition) is 3. The van der Waals surface area contributed by atoms with E-state index in [4.69, 9.17) is 5.14 Å². The molecule has 2 aromatic rings. The van der Waals surface area contributed by atoms with Gasteiger partial charge in [-0.2, -0.15) is 0 Å². The van der Waals surface area contributed by atoms with Gasteiger partial charge in [-0.1, -0.05) is 6.07 Å². The van der Waals surface area contributed by atoms with Crippen LogP contribution in [0.2, 0.25) is 0 Å². The fourth-order valence-corrected chi connectivity index (χ4v) is 3.53. The number of carbonyl (C=O) groups is 2. The van der Waals surface area contributed by atoms with E-state index in [0.29, 0.717) is 22.7 Å². The number of thioether (sulfide) groups is 1. The van der Waals surface area contributed by atoms with Crippen LogP contribution >= 0.6 is 11.8 Å². The van der Waals surface area contributed by atoms with Gasteiger partial charge in [-0.25, -0.2) is 13.6 Å². The van der Waals surface area contributed by atoms with E-state index in [9.17, 15) is 18.0 Å². The maximum Gasteiger partial charge on any atom is 0.255 e. The Morgan fingerprint density at radius 3 is 2.75 bits per heavy atom. The van der Waals surface area contributed by atoms with Gasteiger partial charge in [0.1, 0.15) is 0 Å². The van der Waals surface area contributed by atoms with Crippen LogP contribution in [-0.2, 0) is 14.8 Å². The van der Waals surface area contributed by atoms with Gasteiger partial charge in [0.15, 0.2) is 0 Å². The quantitative estimate of drug-likeness (QED) is 0.766. The molecule has 0 spiro atoms. The number of carbonyl (C=O) groups excluding carboxylic acids is 2. The average Bonchev–Trinajstić information content (AvgIpc) is 2.53. The number of primary sulfonamides is 1. The third-order valence-electron chi connectivity index (χ3n) is 3.30. The Labute approximate surface area is 142 Å². The van der Waals surface area contributed by atoms with E-state index < -0.39 is 15.9 Å². The van der Waals surface area contributed by atoms with Crippen molar-refractivity contribution in [2.24, 2.45) is 5.14 Å². The minimum absolute atomic E-state index is 0.0885. The van der Waals surface area contributed by atoms with Crippen molar-refractivity contribution >= 4 is 45.0 Å². The first-order valence-corrected chi connectivity index (χ1v) is 9.37. The van der Waals surface area contributed by atoms with Gasteiger partial charge < -0.3 is 10.6 Å². The first-order valence-electron chi connectivity index (χ1n) is 6.84. The zero-order chi connectivity index (χ0) is 17.3. The van der Waals surface area contributed by atoms with Crippen LogP contribution in [0.1, 0.15) is 10.4 Å². The summed E-state index contributed by atoms with van der Waals surface area (Å²) < 4.78 is 22.7. The lowest BCUT2D eigenvalue weighted by Crippen LogP contribution is -2.20. The van der Waals surface area contributed by atoms with E-state index >= 15 is 0 Å². The van der Waals surface area contributed by atoms with E-state index in [2.05, 4.69) is 10.6 Å². The van der Waals surface area contributed by atoms with E-state index in [0.717, 1.165) is 4.90 Å². The molecule has 4 N–H and O–H groups in total. The second-order valence-electron chi connectivity index (χ2n) is 5.07. The van der Waals surface area contributed by atoms with Crippen LogP contribution in [-0.4, -0.2) is 26.0 Å². The van der Waals surface area contributed by atoms with Crippen molar-refractivity contribution in [3.8, 4) is 0 Å². The van der Waals surface area contributed by atoms with E-state index in [-0.39, 0.29) is 10.8 Å². The summed E-state index contributed by atoms with van der Waals surface area (Å²) in [5.41, 5.74) is 1.24. The van der Waals surface area contributed by atoms with Crippen LogP contribution in [0.3, 0.4) is 0 Å². The van der Waals surface area contributed by atoms with Crippen molar-refractivity contribution in [1.29, 1.82) is 0 Å². The molecule has 1 heterocycles. The number of fused-ring (bicyclic) bond motifs is 1. The Kier molecular flexibility index (Phi) is 4.31. The zero-order valence-electron chi connectivity index (χ0n) is 12.3. The summed E-state index contributed by atoms with van der Waals surface area (Å²) in [7, 11) is -3.85. The molecule has 1 aliphatic heterocycles. The number of amides is 2. The predicted octanol–water partition coefficient (Wildman–Crippen LogP) is 1.63. The van der Waals surface area contributed by atoms with Crippen molar-refractivity contribution in [1.82, 2.24) is 0 Å². The molecule has 0 aromatic heterocycles. The van der Waals surface area contributed by atoms with Gasteiger partial charge in [0, 0.05) is 16.1 Å². The summed E-state index contributed by atoms with van der Waals surface area (Å²) in [6.45, 7) is 0. The molecule has 0 saturated heterocycles. The first-order chi connectivity index (χ1) is 11.3. The zero-order valence-corrected chi connectivity index (χ0v) is 13.9. The second-order valence-corrected chi connectivity index (χ2v) is 7.65. The highest BCUT2D eigenvalue weighted by atomic mass is 32.2. The maximum atomic E-state index is 12.3. The largest absolute Gasteiger partial charge is 0.324 e. The third-order valence-corrected chi connectivity index (χ3v) is 5.28. The molecule has 0 atom stereocenters. The summed E-state index contributed by atoms with van der Waals surface area (Å²) in [5, 5.41) is 10.4. The highest BCUT2D eigenvalue weighted by Crippen LogP contribution is 2.32. The molecule has 0 saturated carbocycles. The fraction of sp³-hybridized carbons (Fsp3) is 0.0667. The SMILES string of the molecule is NS(=O)(=O)c1cccc(NC(=O)c2ccc3c(c2)NC(=O)CS3)c1. The maximum absolute atomic E-state index is 12.3. The normalized spacial score (nSPS) is 13.8.